The number of rotatable bonds is 1. The minimum atomic E-state index is 0.449. The average molecular weight is 209 g/mol. The highest BCUT2D eigenvalue weighted by Gasteiger charge is 2.08. The third-order valence-corrected chi connectivity index (χ3v) is 2.65. The van der Waals surface area contributed by atoms with E-state index in [1.54, 1.807) is 0 Å². The molecule has 2 nitrogen and oxygen atoms in total. The maximum Gasteiger partial charge on any atom is 0.131 e. The normalized spacial score (nSPS) is 11.5. The fourth-order valence-electron chi connectivity index (χ4n) is 1.71. The largest absolute Gasteiger partial charge is 0.345 e. The van der Waals surface area contributed by atoms with E-state index in [0.29, 0.717) is 11.2 Å². The summed E-state index contributed by atoms with van der Waals surface area (Å²) in [6.45, 7) is 6.41. The topological polar surface area (TPSA) is 17.8 Å². The predicted molar refractivity (Wildman–Crippen MR) is 59.9 cm³/mol. The standard InChI is InChI=1S/C11H13ClN2/c1-7(2)14-6-8(3)9-5-13-11(12)4-10(9)14/h4-7H,1-3H3. The van der Waals surface area contributed by atoms with Crippen molar-refractivity contribution >= 4 is 22.5 Å². The fraction of sp³-hybridized carbons (Fsp3) is 0.364. The first-order chi connectivity index (χ1) is 6.59. The zero-order valence-corrected chi connectivity index (χ0v) is 9.34. The molecule has 0 fully saturated rings. The van der Waals surface area contributed by atoms with Gasteiger partial charge in [-0.05, 0) is 32.4 Å². The first kappa shape index (κ1) is 9.53. The van der Waals surface area contributed by atoms with Gasteiger partial charge in [0.05, 0.1) is 5.52 Å². The maximum atomic E-state index is 5.88. The number of hydrogen-bond acceptors (Lipinski definition) is 1. The third kappa shape index (κ3) is 1.40. The van der Waals surface area contributed by atoms with Crippen LogP contribution in [0.5, 0.6) is 0 Å². The Balaban J connectivity index is 2.79. The van der Waals surface area contributed by atoms with Crippen LogP contribution in [0.15, 0.2) is 18.5 Å². The van der Waals surface area contributed by atoms with Gasteiger partial charge in [-0.15, -0.1) is 0 Å². The Hall–Kier alpha value is -1.02. The van der Waals surface area contributed by atoms with Gasteiger partial charge in [-0.25, -0.2) is 4.98 Å². The van der Waals surface area contributed by atoms with Gasteiger partial charge < -0.3 is 4.57 Å². The molecule has 0 aliphatic carbocycles. The van der Waals surface area contributed by atoms with E-state index in [9.17, 15) is 0 Å². The molecule has 0 saturated heterocycles. The summed E-state index contributed by atoms with van der Waals surface area (Å²) in [6.07, 6.45) is 3.99. The summed E-state index contributed by atoms with van der Waals surface area (Å²) in [6, 6.07) is 2.37. The Morgan fingerprint density at radius 1 is 1.43 bits per heavy atom. The van der Waals surface area contributed by atoms with Crippen LogP contribution in [0.2, 0.25) is 5.15 Å². The van der Waals surface area contributed by atoms with Crippen molar-refractivity contribution in [3.63, 3.8) is 0 Å². The SMILES string of the molecule is Cc1cn(C(C)C)c2cc(Cl)ncc12. The first-order valence-electron chi connectivity index (χ1n) is 4.72. The molecule has 0 aliphatic heterocycles. The number of halogens is 1. The lowest BCUT2D eigenvalue weighted by atomic mass is 10.2. The maximum absolute atomic E-state index is 5.88. The van der Waals surface area contributed by atoms with Crippen LogP contribution in [0, 0.1) is 6.92 Å². The number of pyridine rings is 1. The van der Waals surface area contributed by atoms with E-state index in [1.807, 2.05) is 12.3 Å². The van der Waals surface area contributed by atoms with Gasteiger partial charge in [0.2, 0.25) is 0 Å². The Kier molecular flexibility index (Phi) is 2.23. The van der Waals surface area contributed by atoms with Crippen molar-refractivity contribution < 1.29 is 0 Å². The van der Waals surface area contributed by atoms with Crippen molar-refractivity contribution in [2.45, 2.75) is 26.8 Å². The van der Waals surface area contributed by atoms with Gasteiger partial charge in [0.1, 0.15) is 5.15 Å². The van der Waals surface area contributed by atoms with Crippen LogP contribution in [0.4, 0.5) is 0 Å². The minimum Gasteiger partial charge on any atom is -0.345 e. The monoisotopic (exact) mass is 208 g/mol. The van der Waals surface area contributed by atoms with Gasteiger partial charge in [0.25, 0.3) is 0 Å². The number of hydrogen-bond donors (Lipinski definition) is 0. The Morgan fingerprint density at radius 3 is 2.79 bits per heavy atom. The van der Waals surface area contributed by atoms with Gasteiger partial charge in [0, 0.05) is 23.8 Å². The molecule has 2 aromatic rings. The molecular weight excluding hydrogens is 196 g/mol. The second kappa shape index (κ2) is 3.28. The van der Waals surface area contributed by atoms with Gasteiger partial charge in [0.15, 0.2) is 0 Å². The van der Waals surface area contributed by atoms with Crippen molar-refractivity contribution in [1.82, 2.24) is 9.55 Å². The Labute approximate surface area is 88.5 Å². The van der Waals surface area contributed by atoms with Crippen LogP contribution in [0.25, 0.3) is 10.9 Å². The fourth-order valence-corrected chi connectivity index (χ4v) is 1.86. The second-order valence-electron chi connectivity index (χ2n) is 3.84. The Morgan fingerprint density at radius 2 is 2.14 bits per heavy atom. The molecule has 0 spiro atoms. The summed E-state index contributed by atoms with van der Waals surface area (Å²) >= 11 is 5.88. The van der Waals surface area contributed by atoms with E-state index < -0.39 is 0 Å². The van der Waals surface area contributed by atoms with E-state index in [1.165, 1.54) is 10.9 Å². The van der Waals surface area contributed by atoms with Gasteiger partial charge in [-0.3, -0.25) is 0 Å². The van der Waals surface area contributed by atoms with Crippen molar-refractivity contribution in [3.8, 4) is 0 Å². The van der Waals surface area contributed by atoms with E-state index in [2.05, 4.69) is 36.5 Å². The molecule has 0 atom stereocenters. The van der Waals surface area contributed by atoms with Crippen LogP contribution in [-0.4, -0.2) is 9.55 Å². The highest BCUT2D eigenvalue weighted by molar-refractivity contribution is 6.30. The summed E-state index contributed by atoms with van der Waals surface area (Å²) in [5.74, 6) is 0. The van der Waals surface area contributed by atoms with Crippen LogP contribution in [-0.2, 0) is 0 Å². The first-order valence-corrected chi connectivity index (χ1v) is 5.10. The summed E-state index contributed by atoms with van der Waals surface area (Å²) < 4.78 is 2.22. The number of aromatic nitrogens is 2. The highest BCUT2D eigenvalue weighted by atomic mass is 35.5. The zero-order valence-electron chi connectivity index (χ0n) is 8.58. The molecule has 0 amide bonds. The smallest absolute Gasteiger partial charge is 0.131 e. The number of nitrogens with zero attached hydrogens (tertiary/aromatic N) is 2. The van der Waals surface area contributed by atoms with Gasteiger partial charge in [-0.1, -0.05) is 11.6 Å². The lowest BCUT2D eigenvalue weighted by Gasteiger charge is -2.08. The predicted octanol–water partition coefficient (Wildman–Crippen LogP) is 3.58. The van der Waals surface area contributed by atoms with Gasteiger partial charge in [-0.2, -0.15) is 0 Å². The summed E-state index contributed by atoms with van der Waals surface area (Å²) in [5, 5.41) is 1.74. The molecular formula is C11H13ClN2. The van der Waals surface area contributed by atoms with Crippen molar-refractivity contribution in [1.29, 1.82) is 0 Å². The van der Waals surface area contributed by atoms with Crippen molar-refractivity contribution in [3.05, 3.63) is 29.2 Å². The molecule has 0 unspecified atom stereocenters. The second-order valence-corrected chi connectivity index (χ2v) is 4.22. The molecule has 0 saturated carbocycles. The van der Waals surface area contributed by atoms with E-state index in [4.69, 9.17) is 11.6 Å². The van der Waals surface area contributed by atoms with E-state index in [-0.39, 0.29) is 0 Å². The summed E-state index contributed by atoms with van der Waals surface area (Å²) in [7, 11) is 0. The highest BCUT2D eigenvalue weighted by Crippen LogP contribution is 2.25. The molecule has 2 heterocycles. The molecule has 2 aromatic heterocycles. The van der Waals surface area contributed by atoms with Crippen LogP contribution < -0.4 is 0 Å². The summed E-state index contributed by atoms with van der Waals surface area (Å²) in [4.78, 5) is 4.09. The molecule has 74 valence electrons. The van der Waals surface area contributed by atoms with Crippen molar-refractivity contribution in [2.75, 3.05) is 0 Å². The minimum absolute atomic E-state index is 0.449. The average Bonchev–Trinajstić information content (AvgIpc) is 2.43. The van der Waals surface area contributed by atoms with Crippen LogP contribution in [0.3, 0.4) is 0 Å². The van der Waals surface area contributed by atoms with Crippen LogP contribution >= 0.6 is 11.6 Å². The molecule has 0 radical (unpaired) electrons. The molecule has 2 rings (SSSR count). The molecule has 0 aliphatic rings. The quantitative estimate of drug-likeness (QED) is 0.655. The molecule has 3 heteroatoms. The summed E-state index contributed by atoms with van der Waals surface area (Å²) in [5.41, 5.74) is 2.41. The number of aryl methyl sites for hydroxylation is 1. The molecule has 14 heavy (non-hydrogen) atoms. The molecule has 0 bridgehead atoms. The van der Waals surface area contributed by atoms with E-state index in [0.717, 1.165) is 5.52 Å². The third-order valence-electron chi connectivity index (χ3n) is 2.44. The van der Waals surface area contributed by atoms with E-state index >= 15 is 0 Å². The molecule has 0 N–H and O–H groups in total. The molecule has 0 aromatic carbocycles. The Bertz CT molecular complexity index is 471. The zero-order chi connectivity index (χ0) is 10.3. The number of fused-ring (bicyclic) bond motifs is 1. The lowest BCUT2D eigenvalue weighted by Crippen LogP contribution is -1.97. The van der Waals surface area contributed by atoms with Crippen molar-refractivity contribution in [2.24, 2.45) is 0 Å². The lowest BCUT2D eigenvalue weighted by molar-refractivity contribution is 0.622. The van der Waals surface area contributed by atoms with Crippen LogP contribution in [0.1, 0.15) is 25.5 Å². The van der Waals surface area contributed by atoms with Gasteiger partial charge >= 0.3 is 0 Å².